The van der Waals surface area contributed by atoms with Gasteiger partial charge in [0.2, 0.25) is 0 Å². The highest BCUT2D eigenvalue weighted by Gasteiger charge is 2.13. The fourth-order valence-electron chi connectivity index (χ4n) is 1.05. The molecule has 0 aliphatic heterocycles. The second kappa shape index (κ2) is 5.14. The summed E-state index contributed by atoms with van der Waals surface area (Å²) in [5.74, 6) is -0.505. The molecule has 0 aliphatic carbocycles. The van der Waals surface area contributed by atoms with Crippen molar-refractivity contribution in [2.45, 2.75) is 6.42 Å². The summed E-state index contributed by atoms with van der Waals surface area (Å²) in [6.07, 6.45) is 3.14. The number of methoxy groups -OCH3 is 1. The van der Waals surface area contributed by atoms with E-state index in [2.05, 4.69) is 14.9 Å². The zero-order chi connectivity index (χ0) is 11.3. The van der Waals surface area contributed by atoms with Crippen LogP contribution in [0.2, 0.25) is 0 Å². The van der Waals surface area contributed by atoms with Crippen LogP contribution in [0, 0.1) is 0 Å². The molecule has 1 rings (SSSR count). The molecule has 1 aromatic heterocycles. The number of hydrogen-bond donors (Lipinski definition) is 1. The Balaban J connectivity index is 2.44. The SMILES string of the molecule is COC(=O)CCN(C)C(=O)c1cn[nH]c1. The van der Waals surface area contributed by atoms with Crippen LogP contribution in [-0.4, -0.2) is 47.7 Å². The molecule has 0 bridgehead atoms. The van der Waals surface area contributed by atoms with Gasteiger partial charge in [0, 0.05) is 19.8 Å². The maximum absolute atomic E-state index is 11.6. The zero-order valence-electron chi connectivity index (χ0n) is 8.69. The normalized spacial score (nSPS) is 9.73. The van der Waals surface area contributed by atoms with Crippen molar-refractivity contribution < 1.29 is 14.3 Å². The van der Waals surface area contributed by atoms with Crippen molar-refractivity contribution in [2.75, 3.05) is 20.7 Å². The minimum atomic E-state index is -0.332. The van der Waals surface area contributed by atoms with Gasteiger partial charge in [-0.1, -0.05) is 0 Å². The molecule has 82 valence electrons. The second-order valence-electron chi connectivity index (χ2n) is 3.04. The van der Waals surface area contributed by atoms with E-state index in [1.165, 1.54) is 24.4 Å². The summed E-state index contributed by atoms with van der Waals surface area (Å²) in [4.78, 5) is 23.9. The van der Waals surface area contributed by atoms with Gasteiger partial charge in [0.05, 0.1) is 25.3 Å². The Morgan fingerprint density at radius 2 is 2.33 bits per heavy atom. The molecule has 1 amide bonds. The summed E-state index contributed by atoms with van der Waals surface area (Å²) in [6.45, 7) is 0.330. The molecule has 1 heterocycles. The lowest BCUT2D eigenvalue weighted by Gasteiger charge is -2.14. The summed E-state index contributed by atoms with van der Waals surface area (Å²) >= 11 is 0. The summed E-state index contributed by atoms with van der Waals surface area (Å²) in [6, 6.07) is 0. The predicted molar refractivity (Wildman–Crippen MR) is 52.2 cm³/mol. The molecule has 0 spiro atoms. The summed E-state index contributed by atoms with van der Waals surface area (Å²) < 4.78 is 4.48. The van der Waals surface area contributed by atoms with Crippen molar-refractivity contribution in [1.82, 2.24) is 15.1 Å². The number of carbonyl (C=O) groups excluding carboxylic acids is 2. The number of nitrogens with zero attached hydrogens (tertiary/aromatic N) is 2. The lowest BCUT2D eigenvalue weighted by Crippen LogP contribution is -2.29. The van der Waals surface area contributed by atoms with Crippen LogP contribution in [0.4, 0.5) is 0 Å². The van der Waals surface area contributed by atoms with Gasteiger partial charge < -0.3 is 9.64 Å². The molecule has 6 nitrogen and oxygen atoms in total. The Bertz CT molecular complexity index is 334. The first-order valence-electron chi connectivity index (χ1n) is 4.46. The van der Waals surface area contributed by atoms with Gasteiger partial charge in [-0.2, -0.15) is 5.10 Å². The minimum absolute atomic E-state index is 0.173. The fourth-order valence-corrected chi connectivity index (χ4v) is 1.05. The maximum Gasteiger partial charge on any atom is 0.307 e. The third-order valence-corrected chi connectivity index (χ3v) is 1.97. The van der Waals surface area contributed by atoms with Gasteiger partial charge in [0.15, 0.2) is 0 Å². The first-order chi connectivity index (χ1) is 7.15. The number of ether oxygens (including phenoxy) is 1. The Labute approximate surface area is 87.2 Å². The van der Waals surface area contributed by atoms with Gasteiger partial charge in [0.1, 0.15) is 0 Å². The molecule has 0 saturated carbocycles. The number of rotatable bonds is 4. The predicted octanol–water partition coefficient (Wildman–Crippen LogP) is 0.0448. The number of H-pyrrole nitrogens is 1. The molecule has 0 radical (unpaired) electrons. The van der Waals surface area contributed by atoms with Crippen LogP contribution in [0.15, 0.2) is 12.4 Å². The summed E-state index contributed by atoms with van der Waals surface area (Å²) in [5.41, 5.74) is 0.474. The number of esters is 1. The van der Waals surface area contributed by atoms with Crippen molar-refractivity contribution in [1.29, 1.82) is 0 Å². The number of hydrogen-bond acceptors (Lipinski definition) is 4. The van der Waals surface area contributed by atoms with Crippen molar-refractivity contribution in [3.8, 4) is 0 Å². The Kier molecular flexibility index (Phi) is 3.84. The summed E-state index contributed by atoms with van der Waals surface area (Å²) in [7, 11) is 2.94. The Morgan fingerprint density at radius 1 is 1.60 bits per heavy atom. The molecule has 0 saturated heterocycles. The first kappa shape index (κ1) is 11.2. The number of aromatic amines is 1. The number of nitrogens with one attached hydrogen (secondary N) is 1. The van der Waals surface area contributed by atoms with Crippen molar-refractivity contribution in [2.24, 2.45) is 0 Å². The average Bonchev–Trinajstić information content (AvgIpc) is 2.77. The fraction of sp³-hybridized carbons (Fsp3) is 0.444. The lowest BCUT2D eigenvalue weighted by molar-refractivity contribution is -0.140. The quantitative estimate of drug-likeness (QED) is 0.714. The number of aromatic nitrogens is 2. The van der Waals surface area contributed by atoms with Gasteiger partial charge in [-0.25, -0.2) is 0 Å². The monoisotopic (exact) mass is 211 g/mol. The van der Waals surface area contributed by atoms with E-state index >= 15 is 0 Å². The number of carbonyl (C=O) groups is 2. The lowest BCUT2D eigenvalue weighted by atomic mass is 10.3. The van der Waals surface area contributed by atoms with Gasteiger partial charge in [-0.05, 0) is 0 Å². The molecular formula is C9H13N3O3. The van der Waals surface area contributed by atoms with Crippen LogP contribution in [0.3, 0.4) is 0 Å². The Hall–Kier alpha value is -1.85. The van der Waals surface area contributed by atoms with E-state index in [1.54, 1.807) is 7.05 Å². The zero-order valence-corrected chi connectivity index (χ0v) is 8.69. The smallest absolute Gasteiger partial charge is 0.307 e. The van der Waals surface area contributed by atoms with Crippen LogP contribution in [0.25, 0.3) is 0 Å². The average molecular weight is 211 g/mol. The van der Waals surface area contributed by atoms with E-state index in [0.29, 0.717) is 12.1 Å². The van der Waals surface area contributed by atoms with Gasteiger partial charge in [-0.15, -0.1) is 0 Å². The van der Waals surface area contributed by atoms with E-state index in [1.807, 2.05) is 0 Å². The summed E-state index contributed by atoms with van der Waals surface area (Å²) in [5, 5.41) is 6.23. The van der Waals surface area contributed by atoms with E-state index in [-0.39, 0.29) is 18.3 Å². The first-order valence-corrected chi connectivity index (χ1v) is 4.46. The largest absolute Gasteiger partial charge is 0.469 e. The standard InChI is InChI=1S/C9H13N3O3/c1-12(4-3-8(13)15-2)9(14)7-5-10-11-6-7/h5-6H,3-4H2,1-2H3,(H,10,11). The topological polar surface area (TPSA) is 75.3 Å². The number of amides is 1. The highest BCUT2D eigenvalue weighted by Crippen LogP contribution is 2.00. The van der Waals surface area contributed by atoms with E-state index in [9.17, 15) is 9.59 Å². The van der Waals surface area contributed by atoms with Gasteiger partial charge >= 0.3 is 5.97 Å². The molecular weight excluding hydrogens is 198 g/mol. The molecule has 1 aromatic rings. The maximum atomic E-state index is 11.6. The molecule has 15 heavy (non-hydrogen) atoms. The third kappa shape index (κ3) is 3.08. The van der Waals surface area contributed by atoms with E-state index in [0.717, 1.165) is 0 Å². The highest BCUT2D eigenvalue weighted by atomic mass is 16.5. The molecule has 0 aliphatic rings. The molecule has 6 heteroatoms. The Morgan fingerprint density at radius 3 is 2.87 bits per heavy atom. The molecule has 0 fully saturated rings. The highest BCUT2D eigenvalue weighted by molar-refractivity contribution is 5.93. The van der Waals surface area contributed by atoms with Gasteiger partial charge in [0.25, 0.3) is 5.91 Å². The van der Waals surface area contributed by atoms with E-state index < -0.39 is 0 Å². The van der Waals surface area contributed by atoms with Crippen LogP contribution in [0.5, 0.6) is 0 Å². The minimum Gasteiger partial charge on any atom is -0.469 e. The van der Waals surface area contributed by atoms with Crippen LogP contribution in [-0.2, 0) is 9.53 Å². The van der Waals surface area contributed by atoms with Crippen molar-refractivity contribution in [3.05, 3.63) is 18.0 Å². The second-order valence-corrected chi connectivity index (χ2v) is 3.04. The van der Waals surface area contributed by atoms with E-state index in [4.69, 9.17) is 0 Å². The molecule has 1 N–H and O–H groups in total. The van der Waals surface area contributed by atoms with Crippen molar-refractivity contribution in [3.63, 3.8) is 0 Å². The van der Waals surface area contributed by atoms with Crippen molar-refractivity contribution >= 4 is 11.9 Å². The van der Waals surface area contributed by atoms with Crippen LogP contribution < -0.4 is 0 Å². The third-order valence-electron chi connectivity index (χ3n) is 1.97. The molecule has 0 atom stereocenters. The van der Waals surface area contributed by atoms with Crippen LogP contribution in [0.1, 0.15) is 16.8 Å². The molecule has 0 aromatic carbocycles. The molecule has 0 unspecified atom stereocenters. The van der Waals surface area contributed by atoms with Crippen LogP contribution >= 0.6 is 0 Å². The van der Waals surface area contributed by atoms with Gasteiger partial charge in [-0.3, -0.25) is 14.7 Å².